The minimum atomic E-state index is -0.158. The molecule has 0 aromatic heterocycles. The maximum absolute atomic E-state index is 12.8. The molecular weight excluding hydrogens is 253 g/mol. The van der Waals surface area contributed by atoms with Crippen molar-refractivity contribution in [2.75, 3.05) is 13.2 Å². The van der Waals surface area contributed by atoms with Crippen LogP contribution in [0.1, 0.15) is 44.1 Å². The molecule has 1 atom stereocenters. The van der Waals surface area contributed by atoms with Crippen LogP contribution in [0.5, 0.6) is 0 Å². The van der Waals surface area contributed by atoms with E-state index in [4.69, 9.17) is 4.74 Å². The fourth-order valence-corrected chi connectivity index (χ4v) is 3.64. The summed E-state index contributed by atoms with van der Waals surface area (Å²) in [7, 11) is 0. The molecule has 1 saturated heterocycles. The minimum absolute atomic E-state index is 0.158. The van der Waals surface area contributed by atoms with Gasteiger partial charge in [-0.1, -0.05) is 25.0 Å². The molecular formula is C17H24FNO. The van der Waals surface area contributed by atoms with Gasteiger partial charge in [0, 0.05) is 12.6 Å². The molecule has 2 fully saturated rings. The van der Waals surface area contributed by atoms with Gasteiger partial charge < -0.3 is 10.1 Å². The van der Waals surface area contributed by atoms with Gasteiger partial charge in [0.05, 0.1) is 5.60 Å². The average molecular weight is 277 g/mol. The number of hydrogen-bond donors (Lipinski definition) is 1. The van der Waals surface area contributed by atoms with E-state index in [1.54, 1.807) is 0 Å². The highest BCUT2D eigenvalue weighted by molar-refractivity contribution is 5.16. The molecule has 0 bridgehead atoms. The van der Waals surface area contributed by atoms with Crippen LogP contribution in [0.15, 0.2) is 24.3 Å². The molecule has 1 aromatic carbocycles. The molecule has 0 radical (unpaired) electrons. The fraction of sp³-hybridized carbons (Fsp3) is 0.647. The first kappa shape index (κ1) is 14.0. The molecule has 1 aromatic rings. The third-order valence-electron chi connectivity index (χ3n) is 4.77. The smallest absolute Gasteiger partial charge is 0.123 e. The van der Waals surface area contributed by atoms with Gasteiger partial charge in [0.1, 0.15) is 5.82 Å². The Morgan fingerprint density at radius 2 is 1.95 bits per heavy atom. The summed E-state index contributed by atoms with van der Waals surface area (Å²) in [5.74, 6) is -0.158. The van der Waals surface area contributed by atoms with Crippen LogP contribution < -0.4 is 5.32 Å². The Labute approximate surface area is 120 Å². The summed E-state index contributed by atoms with van der Waals surface area (Å²) in [6.45, 7) is 1.86. The molecule has 1 N–H and O–H groups in total. The number of halogens is 1. The van der Waals surface area contributed by atoms with Gasteiger partial charge in [0.2, 0.25) is 0 Å². The predicted molar refractivity (Wildman–Crippen MR) is 78.3 cm³/mol. The summed E-state index contributed by atoms with van der Waals surface area (Å²) >= 11 is 0. The maximum Gasteiger partial charge on any atom is 0.123 e. The lowest BCUT2D eigenvalue weighted by Crippen LogP contribution is -2.46. The van der Waals surface area contributed by atoms with Crippen LogP contribution >= 0.6 is 0 Å². The Bertz CT molecular complexity index is 425. The van der Waals surface area contributed by atoms with Gasteiger partial charge in [-0.25, -0.2) is 4.39 Å². The molecule has 0 amide bonds. The Hall–Kier alpha value is -0.930. The summed E-state index contributed by atoms with van der Waals surface area (Å²) in [5.41, 5.74) is 1.38. The van der Waals surface area contributed by atoms with Crippen molar-refractivity contribution < 1.29 is 9.13 Å². The van der Waals surface area contributed by atoms with Crippen LogP contribution in [0.2, 0.25) is 0 Å². The molecule has 3 rings (SSSR count). The number of hydrogen-bond acceptors (Lipinski definition) is 2. The molecule has 1 aliphatic carbocycles. The van der Waals surface area contributed by atoms with Crippen LogP contribution in [0.3, 0.4) is 0 Å². The van der Waals surface area contributed by atoms with Gasteiger partial charge in [0.25, 0.3) is 0 Å². The normalized spacial score (nSPS) is 25.1. The quantitative estimate of drug-likeness (QED) is 0.910. The Morgan fingerprint density at radius 3 is 2.70 bits per heavy atom. The zero-order valence-electron chi connectivity index (χ0n) is 12.0. The maximum atomic E-state index is 12.8. The lowest BCUT2D eigenvalue weighted by Gasteiger charge is -2.38. The van der Waals surface area contributed by atoms with E-state index in [9.17, 15) is 4.39 Å². The van der Waals surface area contributed by atoms with Crippen molar-refractivity contribution in [2.45, 2.75) is 56.6 Å². The average Bonchev–Trinajstić information content (AvgIpc) is 2.89. The number of rotatable bonds is 4. The van der Waals surface area contributed by atoms with Crippen molar-refractivity contribution in [1.29, 1.82) is 0 Å². The highest BCUT2D eigenvalue weighted by atomic mass is 19.1. The molecule has 110 valence electrons. The third-order valence-corrected chi connectivity index (χ3v) is 4.77. The standard InChI is InChI=1S/C17H24FNO/c18-15-5-3-14(4-6-15)7-11-19-16-8-12-20-17(13-16)9-1-2-10-17/h3-6,16,19H,1-2,7-13H2. The zero-order valence-corrected chi connectivity index (χ0v) is 12.0. The number of ether oxygens (including phenoxy) is 1. The largest absolute Gasteiger partial charge is 0.375 e. The summed E-state index contributed by atoms with van der Waals surface area (Å²) in [6.07, 6.45) is 8.36. The van der Waals surface area contributed by atoms with Gasteiger partial charge in [0.15, 0.2) is 0 Å². The minimum Gasteiger partial charge on any atom is -0.375 e. The Morgan fingerprint density at radius 1 is 1.20 bits per heavy atom. The zero-order chi connectivity index (χ0) is 13.8. The van der Waals surface area contributed by atoms with E-state index in [1.807, 2.05) is 12.1 Å². The van der Waals surface area contributed by atoms with Crippen molar-refractivity contribution in [3.8, 4) is 0 Å². The van der Waals surface area contributed by atoms with Crippen LogP contribution in [-0.4, -0.2) is 24.8 Å². The number of benzene rings is 1. The van der Waals surface area contributed by atoms with Crippen molar-refractivity contribution in [3.05, 3.63) is 35.6 Å². The monoisotopic (exact) mass is 277 g/mol. The van der Waals surface area contributed by atoms with E-state index >= 15 is 0 Å². The van der Waals surface area contributed by atoms with E-state index in [2.05, 4.69) is 5.32 Å². The first-order valence-corrected chi connectivity index (χ1v) is 7.88. The van der Waals surface area contributed by atoms with E-state index in [0.29, 0.717) is 6.04 Å². The van der Waals surface area contributed by atoms with E-state index in [1.165, 1.54) is 43.4 Å². The molecule has 1 aliphatic heterocycles. The van der Waals surface area contributed by atoms with Gasteiger partial charge >= 0.3 is 0 Å². The summed E-state index contributed by atoms with van der Waals surface area (Å²) in [6, 6.07) is 7.41. The second kappa shape index (κ2) is 6.23. The van der Waals surface area contributed by atoms with E-state index in [0.717, 1.165) is 32.4 Å². The molecule has 1 unspecified atom stereocenters. The van der Waals surface area contributed by atoms with Crippen LogP contribution in [0, 0.1) is 5.82 Å². The van der Waals surface area contributed by atoms with Crippen molar-refractivity contribution in [1.82, 2.24) is 5.32 Å². The molecule has 1 saturated carbocycles. The summed E-state index contributed by atoms with van der Waals surface area (Å²) in [4.78, 5) is 0. The van der Waals surface area contributed by atoms with Crippen molar-refractivity contribution in [2.24, 2.45) is 0 Å². The number of nitrogens with one attached hydrogen (secondary N) is 1. The molecule has 2 aliphatic rings. The molecule has 20 heavy (non-hydrogen) atoms. The summed E-state index contributed by atoms with van der Waals surface area (Å²) < 4.78 is 18.9. The van der Waals surface area contributed by atoms with E-state index in [-0.39, 0.29) is 11.4 Å². The molecule has 3 heteroatoms. The van der Waals surface area contributed by atoms with Gasteiger partial charge in [-0.3, -0.25) is 0 Å². The first-order chi connectivity index (χ1) is 9.76. The SMILES string of the molecule is Fc1ccc(CCNC2CCOC3(CCCC3)C2)cc1. The van der Waals surface area contributed by atoms with Gasteiger partial charge in [-0.2, -0.15) is 0 Å². The topological polar surface area (TPSA) is 21.3 Å². The first-order valence-electron chi connectivity index (χ1n) is 7.88. The second-order valence-corrected chi connectivity index (χ2v) is 6.26. The van der Waals surface area contributed by atoms with Gasteiger partial charge in [-0.15, -0.1) is 0 Å². The summed E-state index contributed by atoms with van der Waals surface area (Å²) in [5, 5.41) is 3.66. The van der Waals surface area contributed by atoms with Crippen molar-refractivity contribution >= 4 is 0 Å². The predicted octanol–water partition coefficient (Wildman–Crippen LogP) is 3.45. The lowest BCUT2D eigenvalue weighted by molar-refractivity contribution is -0.0834. The highest BCUT2D eigenvalue weighted by Gasteiger charge is 2.39. The van der Waals surface area contributed by atoms with E-state index < -0.39 is 0 Å². The Kier molecular flexibility index (Phi) is 4.37. The van der Waals surface area contributed by atoms with Crippen molar-refractivity contribution in [3.63, 3.8) is 0 Å². The third kappa shape index (κ3) is 3.39. The Balaban J connectivity index is 1.45. The lowest BCUT2D eigenvalue weighted by atomic mass is 9.89. The molecule has 2 nitrogen and oxygen atoms in total. The van der Waals surface area contributed by atoms with Crippen LogP contribution in [0.25, 0.3) is 0 Å². The van der Waals surface area contributed by atoms with Gasteiger partial charge in [-0.05, 0) is 56.3 Å². The highest BCUT2D eigenvalue weighted by Crippen LogP contribution is 2.39. The second-order valence-electron chi connectivity index (χ2n) is 6.26. The fourth-order valence-electron chi connectivity index (χ4n) is 3.64. The van der Waals surface area contributed by atoms with Crippen LogP contribution in [-0.2, 0) is 11.2 Å². The molecule has 1 spiro atoms. The van der Waals surface area contributed by atoms with Crippen LogP contribution in [0.4, 0.5) is 4.39 Å². The molecule has 1 heterocycles.